The molecule has 2 aliphatic heterocycles. The van der Waals surface area contributed by atoms with E-state index in [0.717, 1.165) is 30.2 Å². The first-order valence-corrected chi connectivity index (χ1v) is 14.1. The van der Waals surface area contributed by atoms with Crippen molar-refractivity contribution in [2.75, 3.05) is 7.05 Å². The summed E-state index contributed by atoms with van der Waals surface area (Å²) in [6.45, 7) is 0. The number of hydrogen-bond donors (Lipinski definition) is 2. The molecule has 192 valence electrons. The Balaban J connectivity index is 1.34. The molecule has 0 radical (unpaired) electrons. The van der Waals surface area contributed by atoms with Crippen molar-refractivity contribution in [1.82, 2.24) is 19.8 Å². The Kier molecular flexibility index (Phi) is 6.44. The zero-order chi connectivity index (χ0) is 24.8. The maximum atomic E-state index is 13.8. The first-order chi connectivity index (χ1) is 17.5. The van der Waals surface area contributed by atoms with Gasteiger partial charge in [0.25, 0.3) is 11.5 Å². The molecule has 1 aromatic carbocycles. The lowest BCUT2D eigenvalue weighted by Gasteiger charge is -2.54. The van der Waals surface area contributed by atoms with Crippen molar-refractivity contribution in [3.8, 4) is 0 Å². The summed E-state index contributed by atoms with van der Waals surface area (Å²) < 4.78 is 1.89. The maximum absolute atomic E-state index is 13.8. The van der Waals surface area contributed by atoms with E-state index in [0.29, 0.717) is 23.6 Å². The van der Waals surface area contributed by atoms with E-state index in [1.165, 1.54) is 71.3 Å². The number of para-hydroxylation sites is 2. The highest BCUT2D eigenvalue weighted by molar-refractivity contribution is 6.43. The van der Waals surface area contributed by atoms with Crippen molar-refractivity contribution in [3.63, 3.8) is 0 Å². The topological polar surface area (TPSA) is 91.1 Å². The Hall–Kier alpha value is -2.54. The van der Waals surface area contributed by atoms with Crippen LogP contribution in [0.3, 0.4) is 0 Å². The number of fused-ring (bicyclic) bond motifs is 5. The number of rotatable bonds is 4. The van der Waals surface area contributed by atoms with Gasteiger partial charge in [0, 0.05) is 31.2 Å². The quantitative estimate of drug-likeness (QED) is 0.622. The highest BCUT2D eigenvalue weighted by Crippen LogP contribution is 2.46. The minimum absolute atomic E-state index is 0.0444. The van der Waals surface area contributed by atoms with Crippen LogP contribution in [0.15, 0.2) is 29.1 Å². The third kappa shape index (κ3) is 4.19. The number of benzene rings is 1. The molecule has 2 N–H and O–H groups in total. The van der Waals surface area contributed by atoms with E-state index in [-0.39, 0.29) is 23.0 Å². The maximum Gasteiger partial charge on any atom is 0.279 e. The first-order valence-electron chi connectivity index (χ1n) is 14.1. The van der Waals surface area contributed by atoms with Crippen LogP contribution in [0.25, 0.3) is 11.0 Å². The molecule has 2 saturated heterocycles. The molecule has 2 saturated carbocycles. The van der Waals surface area contributed by atoms with E-state index in [4.69, 9.17) is 5.41 Å². The smallest absolute Gasteiger partial charge is 0.279 e. The van der Waals surface area contributed by atoms with Crippen LogP contribution in [-0.4, -0.2) is 51.2 Å². The minimum atomic E-state index is -0.577. The van der Waals surface area contributed by atoms with Crippen LogP contribution in [0.2, 0.25) is 0 Å². The van der Waals surface area contributed by atoms with Crippen LogP contribution in [0.5, 0.6) is 0 Å². The van der Waals surface area contributed by atoms with Gasteiger partial charge in [0.15, 0.2) is 11.4 Å². The third-order valence-electron chi connectivity index (χ3n) is 9.63. The molecular formula is C29H39N5O2. The van der Waals surface area contributed by atoms with Crippen molar-refractivity contribution in [1.29, 1.82) is 5.41 Å². The molecular weight excluding hydrogens is 450 g/mol. The lowest BCUT2D eigenvalue weighted by Crippen LogP contribution is -2.58. The molecule has 1 aromatic heterocycles. The molecule has 0 spiro atoms. The number of nitrogens with zero attached hydrogens (tertiary/aromatic N) is 3. The summed E-state index contributed by atoms with van der Waals surface area (Å²) in [5, 5.41) is 10.8. The highest BCUT2D eigenvalue weighted by atomic mass is 16.2. The Morgan fingerprint density at radius 3 is 2.22 bits per heavy atom. The molecule has 7 heteroatoms. The fourth-order valence-electron chi connectivity index (χ4n) is 8.22. The molecule has 2 aromatic rings. The third-order valence-corrected chi connectivity index (χ3v) is 9.63. The molecule has 4 fully saturated rings. The minimum Gasteiger partial charge on any atom is -0.354 e. The van der Waals surface area contributed by atoms with Gasteiger partial charge in [0.1, 0.15) is 0 Å². The normalized spacial score (nSPS) is 32.6. The summed E-state index contributed by atoms with van der Waals surface area (Å²) in [6.07, 6.45) is 15.4. The summed E-state index contributed by atoms with van der Waals surface area (Å²) in [6, 6.07) is 9.48. The van der Waals surface area contributed by atoms with Gasteiger partial charge in [-0.2, -0.15) is 0 Å². The fraction of sp³-hybridized carbons (Fsp3) is 0.655. The number of piperidine rings is 2. The van der Waals surface area contributed by atoms with Gasteiger partial charge < -0.3 is 9.88 Å². The van der Waals surface area contributed by atoms with Crippen molar-refractivity contribution >= 4 is 22.7 Å². The molecule has 5 atom stereocenters. The van der Waals surface area contributed by atoms with Crippen molar-refractivity contribution < 1.29 is 4.79 Å². The number of aromatic nitrogens is 2. The van der Waals surface area contributed by atoms with Crippen LogP contribution in [-0.2, 0) is 4.79 Å². The second kappa shape index (κ2) is 9.73. The molecule has 6 rings (SSSR count). The van der Waals surface area contributed by atoms with E-state index in [1.54, 1.807) is 0 Å². The molecule has 3 heterocycles. The van der Waals surface area contributed by atoms with Crippen molar-refractivity contribution in [2.24, 2.45) is 11.8 Å². The molecule has 4 bridgehead atoms. The number of amides is 1. The highest BCUT2D eigenvalue weighted by Gasteiger charge is 2.45. The fourth-order valence-corrected chi connectivity index (χ4v) is 8.22. The van der Waals surface area contributed by atoms with Crippen molar-refractivity contribution in [3.05, 3.63) is 40.3 Å². The Labute approximate surface area is 213 Å². The van der Waals surface area contributed by atoms with E-state index >= 15 is 0 Å². The molecule has 1 amide bonds. The van der Waals surface area contributed by atoms with Gasteiger partial charge in [0.2, 0.25) is 0 Å². The summed E-state index contributed by atoms with van der Waals surface area (Å²) in [5.41, 5.74) is 0.782. The molecule has 4 aliphatic rings. The predicted molar refractivity (Wildman–Crippen MR) is 142 cm³/mol. The SMILES string of the molecule is CNC(=O)C(=N)c1nc2ccccc2n(C2C[C@H]3CCC[C@@H](C2)N3C2CC3CCCCC(C3)C2)c1=O. The Morgan fingerprint density at radius 2 is 1.56 bits per heavy atom. The zero-order valence-electron chi connectivity index (χ0n) is 21.4. The van der Waals surface area contributed by atoms with Gasteiger partial charge >= 0.3 is 0 Å². The predicted octanol–water partition coefficient (Wildman–Crippen LogP) is 4.43. The van der Waals surface area contributed by atoms with Crippen molar-refractivity contribution in [2.45, 2.75) is 101 Å². The van der Waals surface area contributed by atoms with Crippen LogP contribution in [0.1, 0.15) is 88.8 Å². The number of hydrogen-bond acceptors (Lipinski definition) is 5. The van der Waals surface area contributed by atoms with E-state index in [2.05, 4.69) is 15.2 Å². The number of nitrogens with one attached hydrogen (secondary N) is 2. The number of carbonyl (C=O) groups excluding carboxylic acids is 1. The lowest BCUT2D eigenvalue weighted by molar-refractivity contribution is -0.114. The standard InChI is InChI=1S/C29H39N5O2/c1-31-28(35)26(30)27-29(36)34(25-12-5-4-11-24(25)32-27)23-16-20-9-6-10-21(17-23)33(20)22-14-18-7-2-3-8-19(13-18)15-22/h4-5,11-12,18-23,30H,2-3,6-10,13-17H2,1H3,(H,31,35)/t18?,19?,20-,21+,22?,23?. The summed E-state index contributed by atoms with van der Waals surface area (Å²) >= 11 is 0. The Bertz CT molecular complexity index is 1190. The van der Waals surface area contributed by atoms with Crippen LogP contribution in [0, 0.1) is 17.2 Å². The van der Waals surface area contributed by atoms with Crippen LogP contribution in [0.4, 0.5) is 0 Å². The molecule has 2 aliphatic carbocycles. The van der Waals surface area contributed by atoms with Crippen LogP contribution >= 0.6 is 0 Å². The van der Waals surface area contributed by atoms with Gasteiger partial charge in [-0.25, -0.2) is 4.98 Å². The van der Waals surface area contributed by atoms with Gasteiger partial charge in [-0.1, -0.05) is 44.2 Å². The zero-order valence-corrected chi connectivity index (χ0v) is 21.4. The summed E-state index contributed by atoms with van der Waals surface area (Å²) in [4.78, 5) is 33.4. The summed E-state index contributed by atoms with van der Waals surface area (Å²) in [7, 11) is 1.48. The van der Waals surface area contributed by atoms with E-state index in [9.17, 15) is 9.59 Å². The molecule has 36 heavy (non-hydrogen) atoms. The van der Waals surface area contributed by atoms with E-state index < -0.39 is 5.91 Å². The van der Waals surface area contributed by atoms with Gasteiger partial charge in [-0.3, -0.25) is 19.9 Å². The van der Waals surface area contributed by atoms with Gasteiger partial charge in [-0.05, 0) is 68.9 Å². The van der Waals surface area contributed by atoms with E-state index in [1.807, 2.05) is 28.8 Å². The molecule has 3 unspecified atom stereocenters. The molecule has 7 nitrogen and oxygen atoms in total. The number of carbonyl (C=O) groups is 1. The second-order valence-electron chi connectivity index (χ2n) is 11.8. The lowest BCUT2D eigenvalue weighted by atomic mass is 9.73. The summed E-state index contributed by atoms with van der Waals surface area (Å²) in [5.74, 6) is 1.23. The van der Waals surface area contributed by atoms with Gasteiger partial charge in [-0.15, -0.1) is 0 Å². The number of likely N-dealkylation sites (N-methyl/N-ethyl adjacent to an activating group) is 1. The monoisotopic (exact) mass is 489 g/mol. The average Bonchev–Trinajstić information content (AvgIpc) is 3.05. The van der Waals surface area contributed by atoms with Gasteiger partial charge in [0.05, 0.1) is 11.0 Å². The largest absolute Gasteiger partial charge is 0.354 e. The van der Waals surface area contributed by atoms with Crippen LogP contribution < -0.4 is 10.9 Å². The average molecular weight is 490 g/mol. The second-order valence-corrected chi connectivity index (χ2v) is 11.8. The first kappa shape index (κ1) is 23.8. The Morgan fingerprint density at radius 1 is 0.889 bits per heavy atom.